The molecule has 3 rings (SSSR count). The zero-order chi connectivity index (χ0) is 13.6. The number of carbonyl (C=O) groups is 2. The van der Waals surface area contributed by atoms with Crippen LogP contribution in [0.5, 0.6) is 0 Å². The Morgan fingerprint density at radius 1 is 1.05 bits per heavy atom. The first-order chi connectivity index (χ1) is 9.13. The highest BCUT2D eigenvalue weighted by atomic mass is 16.5. The van der Waals surface area contributed by atoms with Crippen molar-refractivity contribution in [2.75, 3.05) is 7.11 Å². The van der Waals surface area contributed by atoms with Gasteiger partial charge < -0.3 is 4.74 Å². The van der Waals surface area contributed by atoms with Crippen molar-refractivity contribution in [3.8, 4) is 11.1 Å². The third kappa shape index (κ3) is 1.58. The van der Waals surface area contributed by atoms with Crippen LogP contribution < -0.4 is 0 Å². The minimum absolute atomic E-state index is 0.102. The van der Waals surface area contributed by atoms with Crippen molar-refractivity contribution in [1.82, 2.24) is 0 Å². The van der Waals surface area contributed by atoms with E-state index in [-0.39, 0.29) is 5.78 Å². The number of hydrogen-bond donors (Lipinski definition) is 0. The lowest BCUT2D eigenvalue weighted by molar-refractivity contribution is 0.0598. The molecule has 0 spiro atoms. The van der Waals surface area contributed by atoms with Crippen LogP contribution in [0.2, 0.25) is 0 Å². The highest BCUT2D eigenvalue weighted by Crippen LogP contribution is 2.38. The zero-order valence-electron chi connectivity index (χ0n) is 10.7. The number of rotatable bonds is 1. The Kier molecular flexibility index (Phi) is 2.49. The lowest BCUT2D eigenvalue weighted by Gasteiger charge is -2.04. The standard InChI is InChI=1S/C16H12O3/c1-9-6-7-10-11-4-3-5-12(16(18)19-2)14(11)15(17)13(10)8-9/h3-8H,1-2H3. The predicted molar refractivity (Wildman–Crippen MR) is 71.4 cm³/mol. The van der Waals surface area contributed by atoms with Crippen molar-refractivity contribution in [2.45, 2.75) is 6.92 Å². The van der Waals surface area contributed by atoms with Crippen molar-refractivity contribution in [2.24, 2.45) is 0 Å². The molecule has 2 aromatic rings. The van der Waals surface area contributed by atoms with E-state index in [9.17, 15) is 9.59 Å². The summed E-state index contributed by atoms with van der Waals surface area (Å²) in [5, 5.41) is 0. The van der Waals surface area contributed by atoms with E-state index in [0.717, 1.165) is 16.7 Å². The summed E-state index contributed by atoms with van der Waals surface area (Å²) < 4.78 is 4.74. The minimum atomic E-state index is -0.477. The average Bonchev–Trinajstić information content (AvgIpc) is 2.71. The number of aryl methyl sites for hydroxylation is 1. The molecule has 0 aromatic heterocycles. The largest absolute Gasteiger partial charge is 0.465 e. The van der Waals surface area contributed by atoms with E-state index in [1.807, 2.05) is 31.2 Å². The second kappa shape index (κ2) is 4.05. The first-order valence-electron chi connectivity index (χ1n) is 6.00. The molecular weight excluding hydrogens is 240 g/mol. The lowest BCUT2D eigenvalue weighted by Crippen LogP contribution is -2.08. The summed E-state index contributed by atoms with van der Waals surface area (Å²) in [7, 11) is 1.32. The Labute approximate surface area is 110 Å². The van der Waals surface area contributed by atoms with Crippen molar-refractivity contribution < 1.29 is 14.3 Å². The molecule has 1 aliphatic carbocycles. The predicted octanol–water partition coefficient (Wildman–Crippen LogP) is 2.99. The molecule has 0 heterocycles. The molecule has 1 aliphatic rings. The molecule has 0 saturated heterocycles. The molecule has 3 heteroatoms. The summed E-state index contributed by atoms with van der Waals surface area (Å²) in [5.41, 5.74) is 4.17. The van der Waals surface area contributed by atoms with Gasteiger partial charge in [-0.3, -0.25) is 4.79 Å². The highest BCUT2D eigenvalue weighted by molar-refractivity contribution is 6.25. The van der Waals surface area contributed by atoms with Crippen LogP contribution in [0.4, 0.5) is 0 Å². The molecule has 0 amide bonds. The van der Waals surface area contributed by atoms with E-state index in [1.54, 1.807) is 12.1 Å². The third-order valence-electron chi connectivity index (χ3n) is 3.41. The monoisotopic (exact) mass is 252 g/mol. The molecule has 0 bridgehead atoms. The maximum absolute atomic E-state index is 12.5. The van der Waals surface area contributed by atoms with Gasteiger partial charge in [-0.15, -0.1) is 0 Å². The Balaban J connectivity index is 2.30. The highest BCUT2D eigenvalue weighted by Gasteiger charge is 2.31. The first-order valence-corrected chi connectivity index (χ1v) is 6.00. The van der Waals surface area contributed by atoms with Gasteiger partial charge in [0.25, 0.3) is 0 Å². The number of carbonyl (C=O) groups excluding carboxylic acids is 2. The smallest absolute Gasteiger partial charge is 0.338 e. The topological polar surface area (TPSA) is 43.4 Å². The number of hydrogen-bond acceptors (Lipinski definition) is 3. The summed E-state index contributed by atoms with van der Waals surface area (Å²) in [6.07, 6.45) is 0. The van der Waals surface area contributed by atoms with Gasteiger partial charge in [0.1, 0.15) is 0 Å². The van der Waals surface area contributed by atoms with Crippen LogP contribution in [0.3, 0.4) is 0 Å². The van der Waals surface area contributed by atoms with Crippen LogP contribution in [0.15, 0.2) is 36.4 Å². The molecular formula is C16H12O3. The average molecular weight is 252 g/mol. The molecule has 2 aromatic carbocycles. The van der Waals surface area contributed by atoms with E-state index in [4.69, 9.17) is 4.74 Å². The molecule has 3 nitrogen and oxygen atoms in total. The summed E-state index contributed by atoms with van der Waals surface area (Å²) in [6, 6.07) is 11.0. The van der Waals surface area contributed by atoms with Gasteiger partial charge in [-0.05, 0) is 30.2 Å². The van der Waals surface area contributed by atoms with Crippen LogP contribution in [0.25, 0.3) is 11.1 Å². The maximum Gasteiger partial charge on any atom is 0.338 e. The minimum Gasteiger partial charge on any atom is -0.465 e. The van der Waals surface area contributed by atoms with Gasteiger partial charge >= 0.3 is 5.97 Å². The number of benzene rings is 2. The SMILES string of the molecule is COC(=O)c1cccc2c1C(=O)c1cc(C)ccc1-2. The Morgan fingerprint density at radius 3 is 2.58 bits per heavy atom. The fraction of sp³-hybridized carbons (Fsp3) is 0.125. The van der Waals surface area contributed by atoms with Gasteiger partial charge in [0.05, 0.1) is 12.7 Å². The Morgan fingerprint density at radius 2 is 1.84 bits per heavy atom. The normalized spacial score (nSPS) is 12.0. The van der Waals surface area contributed by atoms with Crippen LogP contribution in [0, 0.1) is 6.92 Å². The quantitative estimate of drug-likeness (QED) is 0.625. The van der Waals surface area contributed by atoms with Gasteiger partial charge in [-0.2, -0.15) is 0 Å². The lowest BCUT2D eigenvalue weighted by atomic mass is 10.0. The molecule has 0 N–H and O–H groups in total. The number of methoxy groups -OCH3 is 1. The van der Waals surface area contributed by atoms with E-state index < -0.39 is 5.97 Å². The Bertz CT molecular complexity index is 714. The van der Waals surface area contributed by atoms with Crippen LogP contribution in [0.1, 0.15) is 31.8 Å². The van der Waals surface area contributed by atoms with Crippen LogP contribution >= 0.6 is 0 Å². The molecule has 0 unspecified atom stereocenters. The van der Waals surface area contributed by atoms with Crippen molar-refractivity contribution in [3.05, 3.63) is 58.7 Å². The second-order valence-electron chi connectivity index (χ2n) is 4.60. The molecule has 0 aliphatic heterocycles. The summed E-state index contributed by atoms with van der Waals surface area (Å²) in [5.74, 6) is -0.579. The van der Waals surface area contributed by atoms with Gasteiger partial charge in [0.15, 0.2) is 5.78 Å². The van der Waals surface area contributed by atoms with Gasteiger partial charge in [0, 0.05) is 11.1 Å². The zero-order valence-corrected chi connectivity index (χ0v) is 10.7. The molecule has 0 atom stereocenters. The van der Waals surface area contributed by atoms with Crippen LogP contribution in [-0.2, 0) is 4.74 Å². The second-order valence-corrected chi connectivity index (χ2v) is 4.60. The molecule has 0 saturated carbocycles. The molecule has 0 radical (unpaired) electrons. The van der Waals surface area contributed by atoms with Crippen molar-refractivity contribution >= 4 is 11.8 Å². The van der Waals surface area contributed by atoms with Gasteiger partial charge in [-0.1, -0.05) is 29.8 Å². The van der Waals surface area contributed by atoms with Crippen molar-refractivity contribution in [3.63, 3.8) is 0 Å². The van der Waals surface area contributed by atoms with Crippen LogP contribution in [-0.4, -0.2) is 18.9 Å². The first kappa shape index (κ1) is 11.7. The van der Waals surface area contributed by atoms with Crippen molar-refractivity contribution in [1.29, 1.82) is 0 Å². The number of ketones is 1. The van der Waals surface area contributed by atoms with E-state index in [2.05, 4.69) is 0 Å². The summed E-state index contributed by atoms with van der Waals surface area (Å²) in [4.78, 5) is 24.2. The summed E-state index contributed by atoms with van der Waals surface area (Å²) >= 11 is 0. The molecule has 19 heavy (non-hydrogen) atoms. The van der Waals surface area contributed by atoms with E-state index in [1.165, 1.54) is 7.11 Å². The van der Waals surface area contributed by atoms with Gasteiger partial charge in [0.2, 0.25) is 0 Å². The number of esters is 1. The maximum atomic E-state index is 12.5. The summed E-state index contributed by atoms with van der Waals surface area (Å²) in [6.45, 7) is 1.94. The van der Waals surface area contributed by atoms with E-state index >= 15 is 0 Å². The molecule has 94 valence electrons. The number of fused-ring (bicyclic) bond motifs is 3. The third-order valence-corrected chi connectivity index (χ3v) is 3.41. The van der Waals surface area contributed by atoms with E-state index in [0.29, 0.717) is 16.7 Å². The Hall–Kier alpha value is -2.42. The molecule has 0 fully saturated rings. The fourth-order valence-electron chi connectivity index (χ4n) is 2.52. The fourth-order valence-corrected chi connectivity index (χ4v) is 2.52. The van der Waals surface area contributed by atoms with Gasteiger partial charge in [-0.25, -0.2) is 4.79 Å². The number of ether oxygens (including phenoxy) is 1.